The van der Waals surface area contributed by atoms with Crippen molar-refractivity contribution >= 4 is 27.5 Å². The Hall–Kier alpha value is -2.15. The summed E-state index contributed by atoms with van der Waals surface area (Å²) in [6, 6.07) is 9.51. The molecule has 2 heterocycles. The lowest BCUT2D eigenvalue weighted by molar-refractivity contribution is -0.131. The van der Waals surface area contributed by atoms with Crippen LogP contribution in [0, 0.1) is 5.82 Å². The van der Waals surface area contributed by atoms with Gasteiger partial charge in [-0.25, -0.2) is 4.39 Å². The first-order chi connectivity index (χ1) is 12.0. The number of benzene rings is 1. The predicted molar refractivity (Wildman–Crippen MR) is 98.2 cm³/mol. The number of carbonyl (C=O) groups excluding carboxylic acids is 1. The zero-order valence-electron chi connectivity index (χ0n) is 13.7. The second-order valence-corrected chi connectivity index (χ2v) is 6.93. The van der Waals surface area contributed by atoms with Crippen LogP contribution >= 0.6 is 15.9 Å². The molecule has 0 N–H and O–H groups in total. The lowest BCUT2D eigenvalue weighted by Crippen LogP contribution is -2.38. The smallest absolute Gasteiger partial charge is 0.251 e. The molecule has 0 atom stereocenters. The van der Waals surface area contributed by atoms with Crippen LogP contribution in [0.25, 0.3) is 0 Å². The highest BCUT2D eigenvalue weighted by atomic mass is 79.9. The summed E-state index contributed by atoms with van der Waals surface area (Å²) >= 11 is 3.32. The summed E-state index contributed by atoms with van der Waals surface area (Å²) in [7, 11) is 0. The number of anilines is 1. The molecule has 132 valence electrons. The standard InChI is InChI=1S/C18H19BrFN3O2/c19-14-2-7-17(24)23(12-14)13-18(25)22-9-1-8-21(10-11-22)16-5-3-15(20)4-6-16/h2-7,12H,1,8-11,13H2. The third-order valence-electron chi connectivity index (χ3n) is 4.29. The number of carbonyl (C=O) groups is 1. The minimum Gasteiger partial charge on any atom is -0.370 e. The van der Waals surface area contributed by atoms with Gasteiger partial charge in [0, 0.05) is 48.6 Å². The van der Waals surface area contributed by atoms with Crippen molar-refractivity contribution in [1.82, 2.24) is 9.47 Å². The van der Waals surface area contributed by atoms with Crippen LogP contribution in [0.3, 0.4) is 0 Å². The van der Waals surface area contributed by atoms with Gasteiger partial charge in [-0.1, -0.05) is 0 Å². The van der Waals surface area contributed by atoms with Gasteiger partial charge in [0.05, 0.1) is 0 Å². The van der Waals surface area contributed by atoms with Crippen molar-refractivity contribution < 1.29 is 9.18 Å². The van der Waals surface area contributed by atoms with Crippen LogP contribution in [-0.2, 0) is 11.3 Å². The number of aromatic nitrogens is 1. The van der Waals surface area contributed by atoms with Crippen molar-refractivity contribution in [2.75, 3.05) is 31.1 Å². The summed E-state index contributed by atoms with van der Waals surface area (Å²) in [6.45, 7) is 2.77. The highest BCUT2D eigenvalue weighted by Gasteiger charge is 2.20. The molecule has 25 heavy (non-hydrogen) atoms. The van der Waals surface area contributed by atoms with Crippen LogP contribution in [0.1, 0.15) is 6.42 Å². The molecule has 1 aliphatic rings. The molecule has 0 bridgehead atoms. The monoisotopic (exact) mass is 407 g/mol. The lowest BCUT2D eigenvalue weighted by Gasteiger charge is -2.24. The van der Waals surface area contributed by atoms with E-state index < -0.39 is 0 Å². The van der Waals surface area contributed by atoms with E-state index in [0.29, 0.717) is 19.6 Å². The summed E-state index contributed by atoms with van der Waals surface area (Å²) in [5.74, 6) is -0.323. The fourth-order valence-electron chi connectivity index (χ4n) is 2.95. The fraction of sp³-hybridized carbons (Fsp3) is 0.333. The predicted octanol–water partition coefficient (Wildman–Crippen LogP) is 2.49. The number of pyridine rings is 1. The summed E-state index contributed by atoms with van der Waals surface area (Å²) < 4.78 is 15.2. The van der Waals surface area contributed by atoms with Crippen molar-refractivity contribution in [3.8, 4) is 0 Å². The highest BCUT2D eigenvalue weighted by Crippen LogP contribution is 2.17. The van der Waals surface area contributed by atoms with Gasteiger partial charge >= 0.3 is 0 Å². The molecule has 1 aliphatic heterocycles. The van der Waals surface area contributed by atoms with Gasteiger partial charge in [0.1, 0.15) is 12.4 Å². The molecule has 1 aromatic carbocycles. The van der Waals surface area contributed by atoms with E-state index in [2.05, 4.69) is 20.8 Å². The summed E-state index contributed by atoms with van der Waals surface area (Å²) in [5.41, 5.74) is 0.762. The molecule has 5 nitrogen and oxygen atoms in total. The quantitative estimate of drug-likeness (QED) is 0.784. The average Bonchev–Trinajstić information content (AvgIpc) is 2.85. The van der Waals surface area contributed by atoms with Gasteiger partial charge in [0.2, 0.25) is 5.91 Å². The van der Waals surface area contributed by atoms with E-state index in [-0.39, 0.29) is 23.8 Å². The summed E-state index contributed by atoms with van der Waals surface area (Å²) in [5, 5.41) is 0. The first-order valence-corrected chi connectivity index (χ1v) is 8.96. The third-order valence-corrected chi connectivity index (χ3v) is 4.76. The molecule has 0 saturated carbocycles. The lowest BCUT2D eigenvalue weighted by atomic mass is 10.2. The Morgan fingerprint density at radius 3 is 2.56 bits per heavy atom. The molecular weight excluding hydrogens is 389 g/mol. The maximum Gasteiger partial charge on any atom is 0.251 e. The van der Waals surface area contributed by atoms with Crippen molar-refractivity contribution in [1.29, 1.82) is 0 Å². The van der Waals surface area contributed by atoms with E-state index in [1.807, 2.05) is 0 Å². The zero-order chi connectivity index (χ0) is 17.8. The van der Waals surface area contributed by atoms with Gasteiger partial charge in [-0.3, -0.25) is 9.59 Å². The van der Waals surface area contributed by atoms with Crippen LogP contribution < -0.4 is 10.5 Å². The molecule has 1 fully saturated rings. The number of amides is 1. The van der Waals surface area contributed by atoms with Gasteiger partial charge in [-0.15, -0.1) is 0 Å². The largest absolute Gasteiger partial charge is 0.370 e. The molecule has 3 rings (SSSR count). The van der Waals surface area contributed by atoms with E-state index in [0.717, 1.165) is 23.1 Å². The maximum absolute atomic E-state index is 13.1. The first-order valence-electron chi connectivity index (χ1n) is 8.17. The Bertz CT molecular complexity index is 807. The van der Waals surface area contributed by atoms with Crippen molar-refractivity contribution in [2.45, 2.75) is 13.0 Å². The number of halogens is 2. The summed E-state index contributed by atoms with van der Waals surface area (Å²) in [4.78, 5) is 28.3. The van der Waals surface area contributed by atoms with Crippen LogP contribution in [0.15, 0.2) is 51.9 Å². The third kappa shape index (κ3) is 4.48. The zero-order valence-corrected chi connectivity index (χ0v) is 15.3. The number of nitrogens with zero attached hydrogens (tertiary/aromatic N) is 3. The van der Waals surface area contributed by atoms with Crippen LogP contribution in [0.2, 0.25) is 0 Å². The van der Waals surface area contributed by atoms with E-state index in [1.165, 1.54) is 22.8 Å². The number of hydrogen-bond donors (Lipinski definition) is 0. The molecule has 0 spiro atoms. The maximum atomic E-state index is 13.1. The van der Waals surface area contributed by atoms with E-state index in [9.17, 15) is 14.0 Å². The topological polar surface area (TPSA) is 45.6 Å². The summed E-state index contributed by atoms with van der Waals surface area (Å²) in [6.07, 6.45) is 2.46. The molecule has 0 radical (unpaired) electrons. The van der Waals surface area contributed by atoms with E-state index in [1.54, 1.807) is 29.3 Å². The molecule has 0 unspecified atom stereocenters. The Morgan fingerprint density at radius 1 is 1.04 bits per heavy atom. The molecule has 1 saturated heterocycles. The SMILES string of the molecule is O=C(Cn1cc(Br)ccc1=O)N1CCCN(c2ccc(F)cc2)CC1. The normalized spacial score (nSPS) is 15.1. The molecule has 1 aromatic heterocycles. The highest BCUT2D eigenvalue weighted by molar-refractivity contribution is 9.10. The van der Waals surface area contributed by atoms with Gasteiger partial charge in [-0.05, 0) is 52.7 Å². The first kappa shape index (κ1) is 17.7. The van der Waals surface area contributed by atoms with Crippen molar-refractivity contribution in [3.63, 3.8) is 0 Å². The fourth-order valence-corrected chi connectivity index (χ4v) is 3.33. The van der Waals surface area contributed by atoms with Crippen molar-refractivity contribution in [2.24, 2.45) is 0 Å². The Kier molecular flexibility index (Phi) is 5.53. The van der Waals surface area contributed by atoms with E-state index >= 15 is 0 Å². The van der Waals surface area contributed by atoms with Gasteiger partial charge < -0.3 is 14.4 Å². The minimum absolute atomic E-state index is 0.0365. The Morgan fingerprint density at radius 2 is 1.80 bits per heavy atom. The molecule has 0 aliphatic carbocycles. The second kappa shape index (κ2) is 7.82. The Labute approximate surface area is 153 Å². The molecule has 1 amide bonds. The molecule has 2 aromatic rings. The minimum atomic E-state index is -0.255. The Balaban J connectivity index is 1.64. The van der Waals surface area contributed by atoms with E-state index in [4.69, 9.17) is 0 Å². The van der Waals surface area contributed by atoms with Crippen LogP contribution in [0.5, 0.6) is 0 Å². The van der Waals surface area contributed by atoms with Gasteiger partial charge in [-0.2, -0.15) is 0 Å². The number of hydrogen-bond acceptors (Lipinski definition) is 3. The van der Waals surface area contributed by atoms with Gasteiger partial charge in [0.15, 0.2) is 0 Å². The average molecular weight is 408 g/mol. The van der Waals surface area contributed by atoms with Crippen LogP contribution in [-0.4, -0.2) is 41.6 Å². The van der Waals surface area contributed by atoms with Crippen molar-refractivity contribution in [3.05, 3.63) is 63.2 Å². The second-order valence-electron chi connectivity index (χ2n) is 6.01. The molecule has 7 heteroatoms. The molecular formula is C18H19BrFN3O2. The number of rotatable bonds is 3. The van der Waals surface area contributed by atoms with Crippen LogP contribution in [0.4, 0.5) is 10.1 Å². The van der Waals surface area contributed by atoms with Gasteiger partial charge in [0.25, 0.3) is 5.56 Å².